The summed E-state index contributed by atoms with van der Waals surface area (Å²) in [6, 6.07) is 4.32. The van der Waals surface area contributed by atoms with E-state index in [1.54, 1.807) is 0 Å². The van der Waals surface area contributed by atoms with Crippen molar-refractivity contribution in [3.63, 3.8) is 0 Å². The average molecular weight is 274 g/mol. The van der Waals surface area contributed by atoms with Crippen LogP contribution in [0.4, 0.5) is 0 Å². The second-order valence-electron chi connectivity index (χ2n) is 4.07. The van der Waals surface area contributed by atoms with Gasteiger partial charge in [0.2, 0.25) is 5.78 Å². The number of ether oxygens (including phenoxy) is 2. The fourth-order valence-electron chi connectivity index (χ4n) is 1.83. The van der Waals surface area contributed by atoms with Crippen molar-refractivity contribution >= 4 is 23.5 Å². The van der Waals surface area contributed by atoms with E-state index in [-0.39, 0.29) is 22.6 Å². The van der Waals surface area contributed by atoms with Gasteiger partial charge in [0.1, 0.15) is 5.75 Å². The van der Waals surface area contributed by atoms with Gasteiger partial charge in [-0.3, -0.25) is 19.2 Å². The minimum Gasteiger partial charge on any atom is -0.426 e. The van der Waals surface area contributed by atoms with E-state index in [0.29, 0.717) is 0 Å². The number of allylic oxidation sites excluding steroid dienone is 2. The first-order valence-corrected chi connectivity index (χ1v) is 5.70. The number of hydrogen-bond donors (Lipinski definition) is 0. The largest absolute Gasteiger partial charge is 0.426 e. The van der Waals surface area contributed by atoms with Crippen LogP contribution in [0.1, 0.15) is 34.6 Å². The summed E-state index contributed by atoms with van der Waals surface area (Å²) in [5, 5.41) is 0. The van der Waals surface area contributed by atoms with Crippen molar-refractivity contribution in [1.82, 2.24) is 0 Å². The van der Waals surface area contributed by atoms with E-state index in [2.05, 4.69) is 0 Å². The molecule has 1 aliphatic rings. The van der Waals surface area contributed by atoms with E-state index >= 15 is 0 Å². The molecule has 0 aromatic heterocycles. The molecule has 0 saturated carbocycles. The predicted octanol–water partition coefficient (Wildman–Crippen LogP) is 1.44. The van der Waals surface area contributed by atoms with E-state index < -0.39 is 23.5 Å². The Morgan fingerprint density at radius 3 is 2.25 bits per heavy atom. The van der Waals surface area contributed by atoms with Crippen LogP contribution < -0.4 is 4.74 Å². The summed E-state index contributed by atoms with van der Waals surface area (Å²) in [7, 11) is 0. The van der Waals surface area contributed by atoms with Gasteiger partial charge in [-0.2, -0.15) is 0 Å². The Labute approximate surface area is 114 Å². The molecule has 1 aromatic carbocycles. The molecule has 0 aliphatic heterocycles. The molecule has 6 nitrogen and oxygen atoms in total. The van der Waals surface area contributed by atoms with Gasteiger partial charge in [-0.15, -0.1) is 0 Å². The highest BCUT2D eigenvalue weighted by Gasteiger charge is 2.31. The van der Waals surface area contributed by atoms with Gasteiger partial charge in [0.25, 0.3) is 0 Å². The maximum atomic E-state index is 12.2. The molecule has 0 unspecified atom stereocenters. The van der Waals surface area contributed by atoms with Crippen molar-refractivity contribution in [2.24, 2.45) is 0 Å². The number of fused-ring (bicyclic) bond motifs is 1. The number of carbonyl (C=O) groups excluding carboxylic acids is 4. The molecule has 0 N–H and O–H groups in total. The number of rotatable bonds is 2. The van der Waals surface area contributed by atoms with E-state index in [4.69, 9.17) is 9.47 Å². The average Bonchev–Trinajstić information content (AvgIpc) is 2.34. The molecule has 0 fully saturated rings. The summed E-state index contributed by atoms with van der Waals surface area (Å²) in [6.45, 7) is 2.30. The van der Waals surface area contributed by atoms with E-state index in [0.717, 1.165) is 13.0 Å². The molecule has 0 bridgehead atoms. The van der Waals surface area contributed by atoms with Gasteiger partial charge >= 0.3 is 11.9 Å². The van der Waals surface area contributed by atoms with Crippen molar-refractivity contribution < 1.29 is 28.7 Å². The molecule has 2 rings (SSSR count). The first kappa shape index (κ1) is 13.7. The highest BCUT2D eigenvalue weighted by atomic mass is 16.5. The van der Waals surface area contributed by atoms with Crippen molar-refractivity contribution in [1.29, 1.82) is 0 Å². The summed E-state index contributed by atoms with van der Waals surface area (Å²) < 4.78 is 9.61. The lowest BCUT2D eigenvalue weighted by Crippen LogP contribution is -2.21. The topological polar surface area (TPSA) is 86.7 Å². The van der Waals surface area contributed by atoms with Crippen molar-refractivity contribution in [3.8, 4) is 5.75 Å². The maximum absolute atomic E-state index is 12.2. The van der Waals surface area contributed by atoms with E-state index in [1.807, 2.05) is 0 Å². The van der Waals surface area contributed by atoms with Gasteiger partial charge in [-0.25, -0.2) is 0 Å². The molecule has 1 aromatic rings. The standard InChI is InChI=1S/C14H10O6/c1-7(15)19-11-5-3-4-9-10(17)6-12(20-8(2)16)14(18)13(9)11/h3-6H,1-2H3. The highest BCUT2D eigenvalue weighted by Crippen LogP contribution is 2.30. The zero-order valence-corrected chi connectivity index (χ0v) is 10.8. The summed E-state index contributed by atoms with van der Waals surface area (Å²) in [6.07, 6.45) is 0.948. The Balaban J connectivity index is 2.53. The molecule has 0 heterocycles. The second kappa shape index (κ2) is 5.08. The number of carbonyl (C=O) groups is 4. The number of benzene rings is 1. The Morgan fingerprint density at radius 1 is 1.00 bits per heavy atom. The molecule has 0 radical (unpaired) electrons. The number of esters is 2. The zero-order valence-electron chi connectivity index (χ0n) is 10.8. The molecule has 20 heavy (non-hydrogen) atoms. The van der Waals surface area contributed by atoms with Gasteiger partial charge in [-0.05, 0) is 6.07 Å². The lowest BCUT2D eigenvalue weighted by Gasteiger charge is -2.16. The van der Waals surface area contributed by atoms with Crippen LogP contribution in [0, 0.1) is 0 Å². The molecule has 0 spiro atoms. The Hall–Kier alpha value is -2.76. The van der Waals surface area contributed by atoms with Crippen LogP contribution in [0.15, 0.2) is 30.0 Å². The van der Waals surface area contributed by atoms with E-state index in [1.165, 1.54) is 25.1 Å². The first-order chi connectivity index (χ1) is 9.40. The summed E-state index contributed by atoms with van der Waals surface area (Å²) in [5.74, 6) is -2.93. The normalized spacial score (nSPS) is 13.4. The third-order valence-corrected chi connectivity index (χ3v) is 2.51. The zero-order chi connectivity index (χ0) is 14.9. The SMILES string of the molecule is CC(=O)OC1=CC(=O)c2cccc(OC(C)=O)c2C1=O. The van der Waals surface area contributed by atoms with Gasteiger partial charge < -0.3 is 9.47 Å². The number of ketones is 2. The summed E-state index contributed by atoms with van der Waals surface area (Å²) in [5.41, 5.74) is 0.0242. The molecular formula is C14H10O6. The van der Waals surface area contributed by atoms with Crippen LogP contribution in [-0.2, 0) is 14.3 Å². The van der Waals surface area contributed by atoms with E-state index in [9.17, 15) is 19.2 Å². The molecule has 0 atom stereocenters. The Kier molecular flexibility index (Phi) is 3.47. The maximum Gasteiger partial charge on any atom is 0.308 e. The monoisotopic (exact) mass is 274 g/mol. The fourth-order valence-corrected chi connectivity index (χ4v) is 1.83. The molecule has 0 amide bonds. The van der Waals surface area contributed by atoms with Crippen LogP contribution in [-0.4, -0.2) is 23.5 Å². The quantitative estimate of drug-likeness (QED) is 0.599. The molecule has 6 heteroatoms. The van der Waals surface area contributed by atoms with Gasteiger partial charge in [-0.1, -0.05) is 12.1 Å². The van der Waals surface area contributed by atoms with Crippen LogP contribution in [0.3, 0.4) is 0 Å². The third kappa shape index (κ3) is 2.49. The third-order valence-electron chi connectivity index (χ3n) is 2.51. The summed E-state index contributed by atoms with van der Waals surface area (Å²) >= 11 is 0. The molecule has 0 saturated heterocycles. The van der Waals surface area contributed by atoms with Crippen molar-refractivity contribution in [2.75, 3.05) is 0 Å². The van der Waals surface area contributed by atoms with Crippen LogP contribution in [0.2, 0.25) is 0 Å². The molecule has 102 valence electrons. The Morgan fingerprint density at radius 2 is 1.65 bits per heavy atom. The Bertz CT molecular complexity index is 668. The lowest BCUT2D eigenvalue weighted by molar-refractivity contribution is -0.136. The number of hydrogen-bond acceptors (Lipinski definition) is 6. The van der Waals surface area contributed by atoms with Crippen LogP contribution in [0.5, 0.6) is 5.75 Å². The van der Waals surface area contributed by atoms with Crippen molar-refractivity contribution in [2.45, 2.75) is 13.8 Å². The van der Waals surface area contributed by atoms with Gasteiger partial charge in [0.05, 0.1) is 5.56 Å². The van der Waals surface area contributed by atoms with Crippen LogP contribution in [0.25, 0.3) is 0 Å². The summed E-state index contributed by atoms with van der Waals surface area (Å²) in [4.78, 5) is 46.1. The molecular weight excluding hydrogens is 264 g/mol. The minimum atomic E-state index is -0.717. The second-order valence-corrected chi connectivity index (χ2v) is 4.07. The first-order valence-electron chi connectivity index (χ1n) is 5.70. The minimum absolute atomic E-state index is 0.0360. The van der Waals surface area contributed by atoms with Gasteiger partial charge in [0, 0.05) is 25.5 Å². The molecule has 1 aliphatic carbocycles. The fraction of sp³-hybridized carbons (Fsp3) is 0.143. The number of Topliss-reactive ketones (excluding diaryl/α,β-unsaturated/α-hetero) is 1. The smallest absolute Gasteiger partial charge is 0.308 e. The predicted molar refractivity (Wildman–Crippen MR) is 66.3 cm³/mol. The van der Waals surface area contributed by atoms with Crippen LogP contribution >= 0.6 is 0 Å². The van der Waals surface area contributed by atoms with Crippen molar-refractivity contribution in [3.05, 3.63) is 41.2 Å². The lowest BCUT2D eigenvalue weighted by atomic mass is 9.92. The highest BCUT2D eigenvalue weighted by molar-refractivity contribution is 6.25. The van der Waals surface area contributed by atoms with Gasteiger partial charge in [0.15, 0.2) is 11.5 Å².